The van der Waals surface area contributed by atoms with Gasteiger partial charge in [0.2, 0.25) is 5.91 Å². The number of alkyl halides is 3. The summed E-state index contributed by atoms with van der Waals surface area (Å²) >= 11 is 0. The molecule has 0 saturated carbocycles. The lowest BCUT2D eigenvalue weighted by Gasteiger charge is -2.42. The third-order valence-electron chi connectivity index (χ3n) is 5.60. The molecule has 3 rings (SSSR count). The molecule has 1 saturated heterocycles. The summed E-state index contributed by atoms with van der Waals surface area (Å²) in [5.41, 5.74) is -0.00303. The number of rotatable bonds is 4. The van der Waals surface area contributed by atoms with Crippen molar-refractivity contribution in [3.63, 3.8) is 0 Å². The zero-order valence-corrected chi connectivity index (χ0v) is 16.8. The first-order chi connectivity index (χ1) is 13.6. The lowest BCUT2D eigenvalue weighted by molar-refractivity contribution is -0.175. The van der Waals surface area contributed by atoms with Crippen LogP contribution >= 0.6 is 0 Å². The topological polar surface area (TPSA) is 76.5 Å². The Kier molecular flexibility index (Phi) is 6.09. The molecule has 3 heterocycles. The molecule has 0 spiro atoms. The van der Waals surface area contributed by atoms with E-state index in [1.165, 1.54) is 0 Å². The van der Waals surface area contributed by atoms with Gasteiger partial charge in [-0.05, 0) is 32.1 Å². The van der Waals surface area contributed by atoms with Gasteiger partial charge < -0.3 is 15.0 Å². The van der Waals surface area contributed by atoms with Gasteiger partial charge in [-0.2, -0.15) is 18.3 Å². The Morgan fingerprint density at radius 3 is 2.72 bits per heavy atom. The minimum absolute atomic E-state index is 0.00303. The van der Waals surface area contributed by atoms with Crippen LogP contribution in [0.25, 0.3) is 0 Å². The molecule has 2 aliphatic rings. The second-order valence-corrected chi connectivity index (χ2v) is 7.96. The van der Waals surface area contributed by atoms with Crippen LogP contribution in [0.3, 0.4) is 0 Å². The molecular weight excluding hydrogens is 389 g/mol. The Morgan fingerprint density at radius 2 is 2.10 bits per heavy atom. The molecule has 0 aromatic carbocycles. The van der Waals surface area contributed by atoms with Crippen molar-refractivity contribution < 1.29 is 27.5 Å². The number of amides is 1. The molecular formula is C19H27F3N4O3. The Labute approximate surface area is 167 Å². The monoisotopic (exact) mass is 416 g/mol. The number of esters is 1. The predicted octanol–water partition coefficient (Wildman–Crippen LogP) is 3.24. The Bertz CT molecular complexity index is 762. The molecule has 3 atom stereocenters. The molecule has 1 fully saturated rings. The molecule has 29 heavy (non-hydrogen) atoms. The van der Waals surface area contributed by atoms with Crippen molar-refractivity contribution in [1.29, 1.82) is 0 Å². The maximum Gasteiger partial charge on any atom is 0.410 e. The SMILES string of the molecule is CCOC(=O)c1cnn2c1N[C@H]([C@@H]1CCCN(C(=O)C(C)C)C1)C[C@@H]2C(F)(F)F. The van der Waals surface area contributed by atoms with E-state index in [0.717, 1.165) is 17.3 Å². The van der Waals surface area contributed by atoms with E-state index in [9.17, 15) is 22.8 Å². The van der Waals surface area contributed by atoms with E-state index >= 15 is 0 Å². The number of halogens is 3. The fourth-order valence-electron chi connectivity index (χ4n) is 4.16. The maximum absolute atomic E-state index is 13.8. The molecule has 162 valence electrons. The van der Waals surface area contributed by atoms with E-state index in [-0.39, 0.29) is 42.2 Å². The number of carbonyl (C=O) groups is 2. The summed E-state index contributed by atoms with van der Waals surface area (Å²) in [7, 11) is 0. The Hall–Kier alpha value is -2.26. The van der Waals surface area contributed by atoms with Crippen LogP contribution < -0.4 is 5.32 Å². The number of carbonyl (C=O) groups excluding carboxylic acids is 2. The van der Waals surface area contributed by atoms with Gasteiger partial charge in [-0.25, -0.2) is 9.48 Å². The lowest BCUT2D eigenvalue weighted by atomic mass is 9.85. The maximum atomic E-state index is 13.8. The Balaban J connectivity index is 1.88. The van der Waals surface area contributed by atoms with E-state index in [1.54, 1.807) is 11.8 Å². The third kappa shape index (κ3) is 4.35. The number of fused-ring (bicyclic) bond motifs is 1. The molecule has 2 aliphatic heterocycles. The van der Waals surface area contributed by atoms with Crippen molar-refractivity contribution in [2.75, 3.05) is 25.0 Å². The number of hydrogen-bond donors (Lipinski definition) is 1. The number of piperidine rings is 1. The van der Waals surface area contributed by atoms with Crippen molar-refractivity contribution in [1.82, 2.24) is 14.7 Å². The smallest absolute Gasteiger partial charge is 0.410 e. The van der Waals surface area contributed by atoms with Gasteiger partial charge in [0.05, 0.1) is 12.8 Å². The number of anilines is 1. The molecule has 0 aliphatic carbocycles. The van der Waals surface area contributed by atoms with Crippen molar-refractivity contribution in [2.24, 2.45) is 11.8 Å². The summed E-state index contributed by atoms with van der Waals surface area (Å²) in [5.74, 6) is -0.963. The van der Waals surface area contributed by atoms with E-state index in [2.05, 4.69) is 10.4 Å². The van der Waals surface area contributed by atoms with Crippen molar-refractivity contribution in [3.05, 3.63) is 11.8 Å². The van der Waals surface area contributed by atoms with Crippen LogP contribution in [0.2, 0.25) is 0 Å². The summed E-state index contributed by atoms with van der Waals surface area (Å²) in [5, 5.41) is 6.93. The van der Waals surface area contributed by atoms with Crippen LogP contribution in [-0.4, -0.2) is 58.5 Å². The fourth-order valence-corrected chi connectivity index (χ4v) is 4.16. The highest BCUT2D eigenvalue weighted by Gasteiger charge is 2.48. The first-order valence-corrected chi connectivity index (χ1v) is 10.00. The lowest BCUT2D eigenvalue weighted by Crippen LogP contribution is -2.50. The molecule has 7 nitrogen and oxygen atoms in total. The van der Waals surface area contributed by atoms with Crippen LogP contribution in [0.5, 0.6) is 0 Å². The minimum atomic E-state index is -4.50. The van der Waals surface area contributed by atoms with E-state index in [1.807, 2.05) is 13.8 Å². The molecule has 0 radical (unpaired) electrons. The highest BCUT2D eigenvalue weighted by molar-refractivity contribution is 5.94. The number of likely N-dealkylation sites (tertiary alicyclic amines) is 1. The predicted molar refractivity (Wildman–Crippen MR) is 99.4 cm³/mol. The quantitative estimate of drug-likeness (QED) is 0.763. The van der Waals surface area contributed by atoms with Crippen LogP contribution in [0.15, 0.2) is 6.20 Å². The van der Waals surface area contributed by atoms with Crippen LogP contribution in [-0.2, 0) is 9.53 Å². The number of aromatic nitrogens is 2. The molecule has 1 aromatic heterocycles. The standard InChI is InChI=1S/C19H27F3N4O3/c1-4-29-18(28)13-9-23-26-15(19(20,21)22)8-14(24-16(13)26)12-6-5-7-25(10-12)17(27)11(2)3/h9,11-12,14-15,24H,4-8,10H2,1-3H3/t12-,14+,15-/m1/s1. The largest absolute Gasteiger partial charge is 0.462 e. The highest BCUT2D eigenvalue weighted by Crippen LogP contribution is 2.42. The Morgan fingerprint density at radius 1 is 1.38 bits per heavy atom. The third-order valence-corrected chi connectivity index (χ3v) is 5.60. The number of hydrogen-bond acceptors (Lipinski definition) is 5. The average Bonchev–Trinajstić information content (AvgIpc) is 3.10. The summed E-state index contributed by atoms with van der Waals surface area (Å²) in [4.78, 5) is 26.3. The van der Waals surface area contributed by atoms with E-state index in [4.69, 9.17) is 4.74 Å². The molecule has 1 amide bonds. The minimum Gasteiger partial charge on any atom is -0.462 e. The van der Waals surface area contributed by atoms with Gasteiger partial charge in [0.25, 0.3) is 0 Å². The molecule has 0 unspecified atom stereocenters. The molecule has 10 heteroatoms. The first-order valence-electron chi connectivity index (χ1n) is 10.00. The van der Waals surface area contributed by atoms with Gasteiger partial charge in [0.1, 0.15) is 11.4 Å². The van der Waals surface area contributed by atoms with Gasteiger partial charge in [-0.3, -0.25) is 4.79 Å². The zero-order chi connectivity index (χ0) is 21.3. The normalized spacial score (nSPS) is 24.8. The summed E-state index contributed by atoms with van der Waals surface area (Å²) < 4.78 is 47.1. The van der Waals surface area contributed by atoms with E-state index in [0.29, 0.717) is 19.5 Å². The number of ether oxygens (including phenoxy) is 1. The van der Waals surface area contributed by atoms with Crippen molar-refractivity contribution >= 4 is 17.7 Å². The zero-order valence-electron chi connectivity index (χ0n) is 16.8. The highest BCUT2D eigenvalue weighted by atomic mass is 19.4. The number of nitrogens with one attached hydrogen (secondary N) is 1. The van der Waals surface area contributed by atoms with Crippen LogP contribution in [0.4, 0.5) is 19.0 Å². The van der Waals surface area contributed by atoms with Gasteiger partial charge >= 0.3 is 12.1 Å². The van der Waals surface area contributed by atoms with Gasteiger partial charge in [-0.15, -0.1) is 0 Å². The van der Waals surface area contributed by atoms with Gasteiger partial charge in [0, 0.05) is 25.0 Å². The second kappa shape index (κ2) is 8.23. The summed E-state index contributed by atoms with van der Waals surface area (Å²) in [6.45, 7) is 6.40. The summed E-state index contributed by atoms with van der Waals surface area (Å²) in [6.07, 6.45) is -2.13. The summed E-state index contributed by atoms with van der Waals surface area (Å²) in [6, 6.07) is -2.36. The van der Waals surface area contributed by atoms with Gasteiger partial charge in [0.15, 0.2) is 6.04 Å². The first kappa shape index (κ1) is 21.4. The van der Waals surface area contributed by atoms with Crippen molar-refractivity contribution in [2.45, 2.75) is 58.3 Å². The number of nitrogens with zero attached hydrogens (tertiary/aromatic N) is 3. The van der Waals surface area contributed by atoms with Gasteiger partial charge in [-0.1, -0.05) is 13.8 Å². The second-order valence-electron chi connectivity index (χ2n) is 7.96. The van der Waals surface area contributed by atoms with E-state index < -0.39 is 24.2 Å². The van der Waals surface area contributed by atoms with Crippen molar-refractivity contribution in [3.8, 4) is 0 Å². The average molecular weight is 416 g/mol. The van der Waals surface area contributed by atoms with Crippen LogP contribution in [0.1, 0.15) is 56.4 Å². The molecule has 1 aromatic rings. The van der Waals surface area contributed by atoms with Crippen LogP contribution in [0, 0.1) is 11.8 Å². The molecule has 0 bridgehead atoms. The fraction of sp³-hybridized carbons (Fsp3) is 0.737. The molecule has 1 N–H and O–H groups in total.